The fraction of sp³-hybridized carbons (Fsp3) is 0.462. The normalized spacial score (nSPS) is 16.5. The molecule has 1 unspecified atom stereocenters. The van der Waals surface area contributed by atoms with Gasteiger partial charge in [0.25, 0.3) is 0 Å². The molecule has 92 valence electrons. The summed E-state index contributed by atoms with van der Waals surface area (Å²) in [5.74, 6) is 1.24. The van der Waals surface area contributed by atoms with E-state index in [2.05, 4.69) is 0 Å². The molecular formula is C13H18N2OS. The van der Waals surface area contributed by atoms with Crippen LogP contribution in [0.4, 0.5) is 11.4 Å². The van der Waals surface area contributed by atoms with Gasteiger partial charge in [-0.25, -0.2) is 0 Å². The first-order valence-corrected chi connectivity index (χ1v) is 6.95. The summed E-state index contributed by atoms with van der Waals surface area (Å²) in [4.78, 5) is 15.3. The highest BCUT2D eigenvalue weighted by atomic mass is 32.2. The smallest absolute Gasteiger partial charge is 0.229 e. The summed E-state index contributed by atoms with van der Waals surface area (Å²) in [6.07, 6.45) is 0.875. The number of fused-ring (bicyclic) bond motifs is 1. The summed E-state index contributed by atoms with van der Waals surface area (Å²) in [6, 6.07) is 5.80. The molecule has 1 heterocycles. The molecule has 2 N–H and O–H groups in total. The van der Waals surface area contributed by atoms with Gasteiger partial charge in [-0.2, -0.15) is 0 Å². The van der Waals surface area contributed by atoms with E-state index in [1.165, 1.54) is 0 Å². The Bertz CT molecular complexity index is 433. The second-order valence-corrected chi connectivity index (χ2v) is 5.51. The molecule has 0 saturated heterocycles. The molecule has 0 radical (unpaired) electrons. The number of hydrogen-bond donors (Lipinski definition) is 1. The summed E-state index contributed by atoms with van der Waals surface area (Å²) in [5, 5.41) is 0. The molecule has 0 saturated carbocycles. The van der Waals surface area contributed by atoms with Crippen LogP contribution in [0.2, 0.25) is 0 Å². The van der Waals surface area contributed by atoms with Crippen molar-refractivity contribution >= 4 is 29.0 Å². The maximum atomic E-state index is 12.3. The standard InChI is InChI=1S/C13H18N2OS/c1-3-9(2)13(16)15-6-7-17-12-5-4-10(14)8-11(12)15/h4-5,8-9H,3,6-7,14H2,1-2H3. The summed E-state index contributed by atoms with van der Waals surface area (Å²) >= 11 is 1.79. The molecule has 1 aliphatic heterocycles. The largest absolute Gasteiger partial charge is 0.399 e. The van der Waals surface area contributed by atoms with Gasteiger partial charge in [0.1, 0.15) is 0 Å². The van der Waals surface area contributed by atoms with Crippen LogP contribution in [-0.2, 0) is 4.79 Å². The predicted molar refractivity (Wildman–Crippen MR) is 73.4 cm³/mol. The van der Waals surface area contributed by atoms with E-state index in [1.54, 1.807) is 11.8 Å². The van der Waals surface area contributed by atoms with Crippen LogP contribution in [0.25, 0.3) is 0 Å². The Morgan fingerprint density at radius 2 is 2.35 bits per heavy atom. The number of carbonyl (C=O) groups excluding carboxylic acids is 1. The van der Waals surface area contributed by atoms with Gasteiger partial charge in [-0.1, -0.05) is 13.8 Å². The Labute approximate surface area is 106 Å². The van der Waals surface area contributed by atoms with Gasteiger partial charge in [-0.05, 0) is 24.6 Å². The highest BCUT2D eigenvalue weighted by Crippen LogP contribution is 2.36. The minimum absolute atomic E-state index is 0.0763. The molecule has 0 spiro atoms. The lowest BCUT2D eigenvalue weighted by atomic mass is 10.1. The van der Waals surface area contributed by atoms with Crippen molar-refractivity contribution in [1.82, 2.24) is 0 Å². The maximum Gasteiger partial charge on any atom is 0.229 e. The zero-order valence-electron chi connectivity index (χ0n) is 10.3. The highest BCUT2D eigenvalue weighted by molar-refractivity contribution is 7.99. The number of benzene rings is 1. The lowest BCUT2D eigenvalue weighted by molar-refractivity contribution is -0.121. The second kappa shape index (κ2) is 5.00. The van der Waals surface area contributed by atoms with Crippen LogP contribution in [0.1, 0.15) is 20.3 Å². The van der Waals surface area contributed by atoms with E-state index >= 15 is 0 Å². The summed E-state index contributed by atoms with van der Waals surface area (Å²) < 4.78 is 0. The second-order valence-electron chi connectivity index (χ2n) is 4.37. The first-order valence-electron chi connectivity index (χ1n) is 5.97. The number of nitrogen functional groups attached to an aromatic ring is 1. The van der Waals surface area contributed by atoms with Crippen LogP contribution in [0.5, 0.6) is 0 Å². The maximum absolute atomic E-state index is 12.3. The van der Waals surface area contributed by atoms with Gasteiger partial charge < -0.3 is 10.6 Å². The van der Waals surface area contributed by atoms with Crippen LogP contribution in [0, 0.1) is 5.92 Å². The number of nitrogens with zero attached hydrogens (tertiary/aromatic N) is 1. The summed E-state index contributed by atoms with van der Waals surface area (Å²) in [6.45, 7) is 4.81. The summed E-state index contributed by atoms with van der Waals surface area (Å²) in [5.41, 5.74) is 7.50. The minimum Gasteiger partial charge on any atom is -0.399 e. The topological polar surface area (TPSA) is 46.3 Å². The Balaban J connectivity index is 2.34. The van der Waals surface area contributed by atoms with Crippen LogP contribution < -0.4 is 10.6 Å². The van der Waals surface area contributed by atoms with Gasteiger partial charge in [0.2, 0.25) is 5.91 Å². The molecule has 0 bridgehead atoms. The van der Waals surface area contributed by atoms with Gasteiger partial charge in [-0.3, -0.25) is 4.79 Å². The Morgan fingerprint density at radius 1 is 1.59 bits per heavy atom. The van der Waals surface area contributed by atoms with Gasteiger partial charge in [0.05, 0.1) is 5.69 Å². The minimum atomic E-state index is 0.0763. The van der Waals surface area contributed by atoms with Crippen molar-refractivity contribution in [3.05, 3.63) is 18.2 Å². The average Bonchev–Trinajstić information content (AvgIpc) is 2.36. The molecule has 0 aromatic heterocycles. The Kier molecular flexibility index (Phi) is 3.62. The van der Waals surface area contributed by atoms with Crippen molar-refractivity contribution in [2.75, 3.05) is 22.9 Å². The number of thioether (sulfide) groups is 1. The van der Waals surface area contributed by atoms with Crippen molar-refractivity contribution < 1.29 is 4.79 Å². The molecule has 17 heavy (non-hydrogen) atoms. The molecule has 2 rings (SSSR count). The van der Waals surface area contributed by atoms with E-state index < -0.39 is 0 Å². The molecule has 4 heteroatoms. The summed E-state index contributed by atoms with van der Waals surface area (Å²) in [7, 11) is 0. The lowest BCUT2D eigenvalue weighted by Crippen LogP contribution is -2.38. The fourth-order valence-corrected chi connectivity index (χ4v) is 2.88. The molecule has 0 aliphatic carbocycles. The van der Waals surface area contributed by atoms with Crippen molar-refractivity contribution in [1.29, 1.82) is 0 Å². The number of anilines is 2. The van der Waals surface area contributed by atoms with E-state index in [4.69, 9.17) is 5.73 Å². The van der Waals surface area contributed by atoms with Crippen molar-refractivity contribution in [2.45, 2.75) is 25.2 Å². The van der Waals surface area contributed by atoms with E-state index in [1.807, 2.05) is 36.9 Å². The number of amides is 1. The molecule has 3 nitrogen and oxygen atoms in total. The van der Waals surface area contributed by atoms with E-state index in [-0.39, 0.29) is 11.8 Å². The van der Waals surface area contributed by atoms with Crippen molar-refractivity contribution in [3.63, 3.8) is 0 Å². The van der Waals surface area contributed by atoms with Gasteiger partial charge in [0, 0.05) is 28.8 Å². The fourth-order valence-electron chi connectivity index (χ4n) is 1.90. The third-order valence-electron chi connectivity index (χ3n) is 3.15. The van der Waals surface area contributed by atoms with Crippen LogP contribution in [0.15, 0.2) is 23.1 Å². The number of carbonyl (C=O) groups is 1. The molecule has 1 aromatic carbocycles. The zero-order valence-corrected chi connectivity index (χ0v) is 11.1. The van der Waals surface area contributed by atoms with Crippen molar-refractivity contribution in [3.8, 4) is 0 Å². The van der Waals surface area contributed by atoms with Gasteiger partial charge in [0.15, 0.2) is 0 Å². The third kappa shape index (κ3) is 2.41. The van der Waals surface area contributed by atoms with E-state index in [0.29, 0.717) is 5.69 Å². The first kappa shape index (κ1) is 12.3. The van der Waals surface area contributed by atoms with Gasteiger partial charge in [-0.15, -0.1) is 11.8 Å². The number of rotatable bonds is 2. The predicted octanol–water partition coefficient (Wildman–Crippen LogP) is 2.75. The van der Waals surface area contributed by atoms with Crippen LogP contribution in [-0.4, -0.2) is 18.2 Å². The SMILES string of the molecule is CCC(C)C(=O)N1CCSc2ccc(N)cc21. The third-order valence-corrected chi connectivity index (χ3v) is 4.19. The van der Waals surface area contributed by atoms with Crippen molar-refractivity contribution in [2.24, 2.45) is 5.92 Å². The monoisotopic (exact) mass is 250 g/mol. The Morgan fingerprint density at radius 3 is 3.06 bits per heavy atom. The molecule has 1 atom stereocenters. The lowest BCUT2D eigenvalue weighted by Gasteiger charge is -2.31. The van der Waals surface area contributed by atoms with Crippen LogP contribution >= 0.6 is 11.8 Å². The Hall–Kier alpha value is -1.16. The van der Waals surface area contributed by atoms with E-state index in [9.17, 15) is 4.79 Å². The number of nitrogens with two attached hydrogens (primary N) is 1. The quantitative estimate of drug-likeness (QED) is 0.821. The molecule has 1 amide bonds. The van der Waals surface area contributed by atoms with E-state index in [0.717, 1.165) is 29.3 Å². The molecule has 0 fully saturated rings. The number of hydrogen-bond acceptors (Lipinski definition) is 3. The molecule has 1 aromatic rings. The first-order chi connectivity index (χ1) is 8.13. The van der Waals surface area contributed by atoms with Gasteiger partial charge >= 0.3 is 0 Å². The highest BCUT2D eigenvalue weighted by Gasteiger charge is 2.25. The molecule has 1 aliphatic rings. The van der Waals surface area contributed by atoms with Crippen LogP contribution in [0.3, 0.4) is 0 Å². The zero-order chi connectivity index (χ0) is 12.4. The average molecular weight is 250 g/mol. The molecular weight excluding hydrogens is 232 g/mol.